The molecule has 0 aliphatic carbocycles. The Hall–Kier alpha value is -1.85. The molecule has 1 aromatic carbocycles. The van der Waals surface area contributed by atoms with Crippen molar-refractivity contribution in [3.63, 3.8) is 0 Å². The Morgan fingerprint density at radius 2 is 2.19 bits per heavy atom. The zero-order valence-electron chi connectivity index (χ0n) is 12.2. The number of fused-ring (bicyclic) bond motifs is 1. The van der Waals surface area contributed by atoms with Crippen LogP contribution < -0.4 is 5.32 Å². The minimum absolute atomic E-state index is 0.148. The molecule has 3 rings (SSSR count). The Labute approximate surface area is 128 Å². The van der Waals surface area contributed by atoms with Gasteiger partial charge in [-0.25, -0.2) is 0 Å². The number of benzene rings is 1. The topological polar surface area (TPSA) is 50.7 Å². The van der Waals surface area contributed by atoms with Gasteiger partial charge in [0, 0.05) is 11.6 Å². The van der Waals surface area contributed by atoms with Crippen LogP contribution in [-0.2, 0) is 0 Å². The summed E-state index contributed by atoms with van der Waals surface area (Å²) < 4.78 is 4.08. The second-order valence-electron chi connectivity index (χ2n) is 5.07. The standard InChI is InChI=1S/C16H18N4S/c1-3-8-18-15(16-11(2)19-20-21-16)13-6-7-14-12(10-13)5-4-9-17-14/h4-7,9-10,15,18H,3,8H2,1-2H3. The second-order valence-corrected chi connectivity index (χ2v) is 5.85. The molecule has 108 valence electrons. The van der Waals surface area contributed by atoms with Gasteiger partial charge in [-0.1, -0.05) is 23.5 Å². The van der Waals surface area contributed by atoms with Crippen molar-refractivity contribution in [1.82, 2.24) is 19.9 Å². The molecule has 4 nitrogen and oxygen atoms in total. The molecule has 0 saturated carbocycles. The predicted octanol–water partition coefficient (Wildman–Crippen LogP) is 3.48. The first-order chi connectivity index (χ1) is 10.3. The van der Waals surface area contributed by atoms with Gasteiger partial charge in [-0.15, -0.1) is 5.10 Å². The van der Waals surface area contributed by atoms with E-state index in [9.17, 15) is 0 Å². The molecule has 5 heteroatoms. The fourth-order valence-corrected chi connectivity index (χ4v) is 3.18. The van der Waals surface area contributed by atoms with E-state index >= 15 is 0 Å². The average molecular weight is 298 g/mol. The van der Waals surface area contributed by atoms with E-state index in [4.69, 9.17) is 0 Å². The quantitative estimate of drug-likeness (QED) is 0.783. The molecule has 0 bridgehead atoms. The van der Waals surface area contributed by atoms with Gasteiger partial charge in [0.05, 0.1) is 22.1 Å². The molecule has 2 aromatic heterocycles. The predicted molar refractivity (Wildman–Crippen MR) is 86.5 cm³/mol. The van der Waals surface area contributed by atoms with Gasteiger partial charge in [0.15, 0.2) is 0 Å². The summed E-state index contributed by atoms with van der Waals surface area (Å²) in [5.41, 5.74) is 3.26. The summed E-state index contributed by atoms with van der Waals surface area (Å²) >= 11 is 1.47. The smallest absolute Gasteiger partial charge is 0.0776 e. The zero-order chi connectivity index (χ0) is 14.7. The third-order valence-electron chi connectivity index (χ3n) is 3.51. The first kappa shape index (κ1) is 14.1. The molecule has 1 atom stereocenters. The summed E-state index contributed by atoms with van der Waals surface area (Å²) in [5.74, 6) is 0. The van der Waals surface area contributed by atoms with Crippen LogP contribution in [0.15, 0.2) is 36.5 Å². The Balaban J connectivity index is 2.03. The molecule has 1 unspecified atom stereocenters. The van der Waals surface area contributed by atoms with Crippen LogP contribution >= 0.6 is 11.5 Å². The highest BCUT2D eigenvalue weighted by Crippen LogP contribution is 2.28. The molecule has 0 spiro atoms. The molecule has 2 heterocycles. The van der Waals surface area contributed by atoms with E-state index < -0.39 is 0 Å². The van der Waals surface area contributed by atoms with Gasteiger partial charge >= 0.3 is 0 Å². The van der Waals surface area contributed by atoms with E-state index in [1.54, 1.807) is 0 Å². The van der Waals surface area contributed by atoms with Crippen molar-refractivity contribution < 1.29 is 0 Å². The zero-order valence-corrected chi connectivity index (χ0v) is 13.0. The summed E-state index contributed by atoms with van der Waals surface area (Å²) in [6.07, 6.45) is 2.92. The Morgan fingerprint density at radius 3 is 2.95 bits per heavy atom. The third-order valence-corrected chi connectivity index (χ3v) is 4.40. The summed E-state index contributed by atoms with van der Waals surface area (Å²) in [4.78, 5) is 5.57. The minimum Gasteiger partial charge on any atom is -0.305 e. The lowest BCUT2D eigenvalue weighted by Gasteiger charge is -2.18. The summed E-state index contributed by atoms with van der Waals surface area (Å²) in [7, 11) is 0. The van der Waals surface area contributed by atoms with Crippen molar-refractivity contribution in [2.75, 3.05) is 6.54 Å². The molecular weight excluding hydrogens is 280 g/mol. The van der Waals surface area contributed by atoms with E-state index in [2.05, 4.69) is 51.1 Å². The Bertz CT molecular complexity index is 738. The first-order valence-electron chi connectivity index (χ1n) is 7.16. The van der Waals surface area contributed by atoms with Crippen molar-refractivity contribution in [2.45, 2.75) is 26.3 Å². The molecule has 0 radical (unpaired) electrons. The fourth-order valence-electron chi connectivity index (χ4n) is 2.43. The van der Waals surface area contributed by atoms with Crippen LogP contribution in [0.4, 0.5) is 0 Å². The highest BCUT2D eigenvalue weighted by atomic mass is 32.1. The van der Waals surface area contributed by atoms with E-state index in [1.165, 1.54) is 22.0 Å². The molecule has 0 aliphatic heterocycles. The van der Waals surface area contributed by atoms with Gasteiger partial charge in [0.25, 0.3) is 0 Å². The highest BCUT2D eigenvalue weighted by molar-refractivity contribution is 7.05. The second kappa shape index (κ2) is 6.28. The summed E-state index contributed by atoms with van der Waals surface area (Å²) in [6.45, 7) is 5.15. The van der Waals surface area contributed by atoms with Gasteiger partial charge in [-0.2, -0.15) is 0 Å². The van der Waals surface area contributed by atoms with Gasteiger partial charge in [0.1, 0.15) is 0 Å². The van der Waals surface area contributed by atoms with Crippen LogP contribution in [0.3, 0.4) is 0 Å². The molecule has 1 N–H and O–H groups in total. The van der Waals surface area contributed by atoms with Crippen LogP contribution in [0.1, 0.15) is 35.5 Å². The van der Waals surface area contributed by atoms with Crippen molar-refractivity contribution in [1.29, 1.82) is 0 Å². The average Bonchev–Trinajstić information content (AvgIpc) is 2.94. The Kier molecular flexibility index (Phi) is 4.22. The lowest BCUT2D eigenvalue weighted by atomic mass is 10.0. The Morgan fingerprint density at radius 1 is 1.29 bits per heavy atom. The van der Waals surface area contributed by atoms with Crippen LogP contribution in [0.25, 0.3) is 10.9 Å². The van der Waals surface area contributed by atoms with Crippen LogP contribution in [0.2, 0.25) is 0 Å². The van der Waals surface area contributed by atoms with Gasteiger partial charge in [0.2, 0.25) is 0 Å². The van der Waals surface area contributed by atoms with Crippen molar-refractivity contribution in [3.8, 4) is 0 Å². The number of pyridine rings is 1. The van der Waals surface area contributed by atoms with E-state index in [0.717, 1.165) is 29.6 Å². The summed E-state index contributed by atoms with van der Waals surface area (Å²) in [6, 6.07) is 10.6. The molecule has 3 aromatic rings. The van der Waals surface area contributed by atoms with Gasteiger partial charge < -0.3 is 5.32 Å². The van der Waals surface area contributed by atoms with Crippen molar-refractivity contribution in [2.24, 2.45) is 0 Å². The van der Waals surface area contributed by atoms with Crippen LogP contribution in [0, 0.1) is 6.92 Å². The number of rotatable bonds is 5. The minimum atomic E-state index is 0.148. The number of aromatic nitrogens is 3. The van der Waals surface area contributed by atoms with E-state index in [1.807, 2.05) is 19.2 Å². The van der Waals surface area contributed by atoms with E-state index in [-0.39, 0.29) is 6.04 Å². The maximum Gasteiger partial charge on any atom is 0.0776 e. The molecule has 21 heavy (non-hydrogen) atoms. The first-order valence-corrected chi connectivity index (χ1v) is 7.94. The number of nitrogens with zero attached hydrogens (tertiary/aromatic N) is 3. The van der Waals surface area contributed by atoms with Gasteiger partial charge in [-0.3, -0.25) is 4.98 Å². The number of hydrogen-bond acceptors (Lipinski definition) is 5. The van der Waals surface area contributed by atoms with Crippen LogP contribution in [-0.4, -0.2) is 21.1 Å². The van der Waals surface area contributed by atoms with Gasteiger partial charge in [-0.05, 0) is 55.2 Å². The lowest BCUT2D eigenvalue weighted by molar-refractivity contribution is 0.603. The SMILES string of the molecule is CCCNC(c1ccc2ncccc2c1)c1snnc1C. The highest BCUT2D eigenvalue weighted by Gasteiger charge is 2.19. The molecule has 0 aliphatic rings. The van der Waals surface area contributed by atoms with Crippen molar-refractivity contribution >= 4 is 22.4 Å². The normalized spacial score (nSPS) is 12.7. The number of aryl methyl sites for hydroxylation is 1. The molecule has 0 fully saturated rings. The maximum absolute atomic E-state index is 4.38. The third kappa shape index (κ3) is 2.94. The molecule has 0 saturated heterocycles. The molecule has 0 amide bonds. The lowest BCUT2D eigenvalue weighted by Crippen LogP contribution is -2.23. The molecular formula is C16H18N4S. The number of hydrogen-bond donors (Lipinski definition) is 1. The maximum atomic E-state index is 4.38. The van der Waals surface area contributed by atoms with Crippen LogP contribution in [0.5, 0.6) is 0 Å². The number of nitrogens with one attached hydrogen (secondary N) is 1. The largest absolute Gasteiger partial charge is 0.305 e. The van der Waals surface area contributed by atoms with E-state index in [0.29, 0.717) is 0 Å². The monoisotopic (exact) mass is 298 g/mol. The fraction of sp³-hybridized carbons (Fsp3) is 0.312. The van der Waals surface area contributed by atoms with Crippen molar-refractivity contribution in [3.05, 3.63) is 52.7 Å². The summed E-state index contributed by atoms with van der Waals surface area (Å²) in [5, 5.41) is 8.91.